The summed E-state index contributed by atoms with van der Waals surface area (Å²) in [4.78, 5) is 50.5. The number of phenolic OH excluding ortho intramolecular Hbond substituents is 1. The number of nitrogens with one attached hydrogen (secondary N) is 5. The Morgan fingerprint density at radius 2 is 1.74 bits per heavy atom. The van der Waals surface area contributed by atoms with Crippen molar-refractivity contribution in [3.63, 3.8) is 0 Å². The molecule has 5 saturated carbocycles. The van der Waals surface area contributed by atoms with Crippen LogP contribution in [-0.4, -0.2) is 100 Å². The molecule has 18 atom stereocenters. The van der Waals surface area contributed by atoms with Crippen LogP contribution >= 0.6 is 0 Å². The summed E-state index contributed by atoms with van der Waals surface area (Å²) in [6, 6.07) is 13.2. The van der Waals surface area contributed by atoms with Crippen molar-refractivity contribution in [3.8, 4) is 17.6 Å². The van der Waals surface area contributed by atoms with E-state index in [-0.39, 0.29) is 94.4 Å². The molecule has 17 rings (SSSR count). The summed E-state index contributed by atoms with van der Waals surface area (Å²) in [6.45, 7) is 6.88. The van der Waals surface area contributed by atoms with E-state index < -0.39 is 63.5 Å². The summed E-state index contributed by atoms with van der Waals surface area (Å²) in [7, 11) is 1.97. The normalized spacial score (nSPS) is 41.1. The molecule has 6 fully saturated rings. The Kier molecular flexibility index (Phi) is 15.8. The molecular weight excluding hydrogens is 1210 g/mol. The van der Waals surface area contributed by atoms with Crippen molar-refractivity contribution < 1.29 is 39.2 Å². The van der Waals surface area contributed by atoms with E-state index in [1.54, 1.807) is 12.1 Å². The van der Waals surface area contributed by atoms with Crippen molar-refractivity contribution in [2.45, 2.75) is 241 Å². The molecule has 8 aliphatic carbocycles. The molecule has 13 bridgehead atoms. The lowest BCUT2D eigenvalue weighted by molar-refractivity contribution is -0.208. The molecule has 7 aliphatic heterocycles. The zero-order valence-electron chi connectivity index (χ0n) is 57.8. The van der Waals surface area contributed by atoms with Gasteiger partial charge in [0.15, 0.2) is 11.4 Å². The minimum absolute atomic E-state index is 0.00929. The first-order valence-electron chi connectivity index (χ1n) is 38.0. The van der Waals surface area contributed by atoms with Gasteiger partial charge in [0.05, 0.1) is 31.1 Å². The number of ether oxygens (including phenoxy) is 2. The Balaban J connectivity index is 0.884. The number of aliphatic hydroxyl groups excluding tert-OH is 2. The van der Waals surface area contributed by atoms with Gasteiger partial charge in [-0.1, -0.05) is 118 Å². The number of rotatable bonds is 8. The van der Waals surface area contributed by atoms with Crippen molar-refractivity contribution in [1.82, 2.24) is 26.6 Å². The number of Topliss-reactive ketones (excluding diaryl/α,β-unsaturated/α-hetero) is 2. The van der Waals surface area contributed by atoms with Gasteiger partial charge in [-0.2, -0.15) is 0 Å². The lowest BCUT2D eigenvalue weighted by atomic mass is 9.43. The van der Waals surface area contributed by atoms with Gasteiger partial charge in [0.1, 0.15) is 17.7 Å². The summed E-state index contributed by atoms with van der Waals surface area (Å²) >= 11 is 0. The number of carbonyl (C=O) groups is 3. The van der Waals surface area contributed by atoms with Crippen LogP contribution in [0.5, 0.6) is 5.75 Å². The van der Waals surface area contributed by atoms with Crippen LogP contribution in [0, 0.1) is 74.9 Å². The van der Waals surface area contributed by atoms with Crippen LogP contribution in [0.1, 0.15) is 219 Å². The molecule has 2 aromatic rings. The number of aliphatic hydroxyl groups is 2. The summed E-state index contributed by atoms with van der Waals surface area (Å²) in [5, 5.41) is 56.6. The average molecular weight is 1310 g/mol. The van der Waals surface area contributed by atoms with E-state index in [9.17, 15) is 15.3 Å². The third-order valence-electron chi connectivity index (χ3n) is 29.4. The summed E-state index contributed by atoms with van der Waals surface area (Å²) < 4.78 is 14.9. The quantitative estimate of drug-likeness (QED) is 0.0395. The van der Waals surface area contributed by atoms with Crippen LogP contribution in [0.25, 0.3) is 0 Å². The van der Waals surface area contributed by atoms with Gasteiger partial charge in [0.2, 0.25) is 5.78 Å². The molecule has 0 amide bonds. The number of aromatic hydroxyl groups is 1. The SMILES string of the molecule is CNC1CCC2=C(NCC=C2CCC(C)=C(CO)CC23OC24C(=O)OC2C5CC(O)C67CC8(CCCC8)C8(CCCC8)C6CC#CC(C)NC68C=C9C=CCC(CCCCC(C)(CC%10=CNC(N)C(=C%10)C(c%10cccc(O)c%10)CC7C5C6)Cc5cccc(c5C4=O)C3=O)C9CC28)N1. The van der Waals surface area contributed by atoms with Gasteiger partial charge in [-0.3, -0.25) is 14.9 Å². The van der Waals surface area contributed by atoms with Gasteiger partial charge >= 0.3 is 5.97 Å². The number of fused-ring (bicyclic) bond motifs is 5. The van der Waals surface area contributed by atoms with Crippen LogP contribution in [0.3, 0.4) is 0 Å². The highest BCUT2D eigenvalue weighted by Gasteiger charge is 2.86. The van der Waals surface area contributed by atoms with Crippen molar-refractivity contribution >= 4 is 17.5 Å². The van der Waals surface area contributed by atoms with Crippen molar-refractivity contribution in [2.24, 2.45) is 68.8 Å². The highest BCUT2D eigenvalue weighted by atomic mass is 16.7. The van der Waals surface area contributed by atoms with Crippen LogP contribution in [-0.2, 0) is 20.7 Å². The Bertz CT molecular complexity index is 3910. The fourth-order valence-corrected chi connectivity index (χ4v) is 25.2. The monoisotopic (exact) mass is 1310 g/mol. The van der Waals surface area contributed by atoms with Gasteiger partial charge in [-0.25, -0.2) is 4.79 Å². The zero-order valence-corrected chi connectivity index (χ0v) is 57.8. The van der Waals surface area contributed by atoms with E-state index >= 15 is 14.4 Å². The number of carbonyl (C=O) groups excluding carboxylic acids is 3. The summed E-state index contributed by atoms with van der Waals surface area (Å²) in [5.41, 5.74) is 11.1. The molecule has 14 nitrogen and oxygen atoms in total. The number of esters is 1. The molecule has 15 aliphatic rings. The number of allylic oxidation sites excluding steroid dienone is 8. The Hall–Kier alpha value is -6.05. The van der Waals surface area contributed by atoms with Crippen LogP contribution in [0.15, 0.2) is 124 Å². The van der Waals surface area contributed by atoms with Crippen LogP contribution in [0.4, 0.5) is 0 Å². The summed E-state index contributed by atoms with van der Waals surface area (Å²) in [5.74, 6) is 6.65. The molecule has 5 spiro atoms. The third kappa shape index (κ3) is 9.76. The average Bonchev–Trinajstić information content (AvgIpc) is 1.48. The molecule has 0 aromatic heterocycles. The molecule has 18 unspecified atom stereocenters. The Morgan fingerprint density at radius 3 is 2.56 bits per heavy atom. The molecule has 10 N–H and O–H groups in total. The summed E-state index contributed by atoms with van der Waals surface area (Å²) in [6.07, 6.45) is 34.4. The minimum atomic E-state index is -2.35. The van der Waals surface area contributed by atoms with Crippen molar-refractivity contribution in [1.29, 1.82) is 0 Å². The van der Waals surface area contributed by atoms with E-state index in [1.807, 2.05) is 38.2 Å². The van der Waals surface area contributed by atoms with E-state index in [2.05, 4.69) is 94.9 Å². The van der Waals surface area contributed by atoms with Gasteiger partial charge in [-0.15, -0.1) is 5.92 Å². The third-order valence-corrected chi connectivity index (χ3v) is 29.4. The molecule has 14 heteroatoms. The minimum Gasteiger partial charge on any atom is -0.508 e. The standard InChI is InChI=1S/C83H104N6O8/c1-48(24-25-52-28-34-86-75-58(52)26-27-69(85-4)88-75)56(46-90)43-82-72(93)59-22-14-20-55-41-77(3)29-6-5-16-51-17-12-19-54-42-80-44-64-62(71(66(80)37-60(51)54)96-76(95)83(82,97-82)73(94)70(55)59)39-68(92)81(47-78(30-7-8-31-78)79(32-9-10-33-79)67(81)23-11-15-49(2)89-80)65(64)38-61(53-18-13-21-57(91)36-53)63-35-50(40-77)45-87-74(63)84/h12-14,18-22,28,35-36,42,45,49,51,60-62,64-69,71,74,85-92H,5-10,16-17,23-27,29-34,37-41,43-44,46-47,84H2,1-4H3. The number of dihydropyridines is 2. The predicted octanol–water partition coefficient (Wildman–Crippen LogP) is 12.1. The first kappa shape index (κ1) is 64.3. The first-order valence-corrected chi connectivity index (χ1v) is 38.0. The number of epoxide rings is 1. The maximum atomic E-state index is 17.2. The van der Waals surface area contributed by atoms with E-state index in [1.165, 1.54) is 42.4 Å². The van der Waals surface area contributed by atoms with Crippen LogP contribution < -0.4 is 32.3 Å². The molecule has 2 aromatic carbocycles. The van der Waals surface area contributed by atoms with Crippen molar-refractivity contribution in [3.05, 3.63) is 146 Å². The largest absolute Gasteiger partial charge is 0.508 e. The second-order valence-electron chi connectivity index (χ2n) is 34.0. The molecule has 1 saturated heterocycles. The highest BCUT2D eigenvalue weighted by Crippen LogP contribution is 2.81. The molecule has 7 heterocycles. The lowest BCUT2D eigenvalue weighted by Crippen LogP contribution is -2.69. The second kappa shape index (κ2) is 23.8. The smallest absolute Gasteiger partial charge is 0.350 e. The number of hydrogen-bond donors (Lipinski definition) is 9. The zero-order chi connectivity index (χ0) is 66.6. The number of hydrogen-bond acceptors (Lipinski definition) is 14. The molecule has 0 radical (unpaired) electrons. The number of ketones is 2. The fourth-order valence-electron chi connectivity index (χ4n) is 25.2. The predicted molar refractivity (Wildman–Crippen MR) is 374 cm³/mol. The van der Waals surface area contributed by atoms with Gasteiger partial charge in [0.25, 0.3) is 5.60 Å². The number of phenols is 1. The van der Waals surface area contributed by atoms with Gasteiger partial charge < -0.3 is 51.8 Å². The first-order chi connectivity index (χ1) is 46.9. The Morgan fingerprint density at radius 1 is 0.928 bits per heavy atom. The van der Waals surface area contributed by atoms with E-state index in [4.69, 9.17) is 15.2 Å². The van der Waals surface area contributed by atoms with E-state index in [0.717, 1.165) is 118 Å². The van der Waals surface area contributed by atoms with Crippen molar-refractivity contribution in [2.75, 3.05) is 20.2 Å². The Labute approximate surface area is 574 Å². The topological polar surface area (TPSA) is 220 Å². The molecule has 97 heavy (non-hydrogen) atoms. The van der Waals surface area contributed by atoms with E-state index in [0.29, 0.717) is 68.5 Å². The molecular formula is C83H104N6O8. The maximum absolute atomic E-state index is 17.2. The molecule has 514 valence electrons. The van der Waals surface area contributed by atoms with Gasteiger partial charge in [0, 0.05) is 65.4 Å². The van der Waals surface area contributed by atoms with Crippen LogP contribution in [0.2, 0.25) is 0 Å². The number of nitrogens with two attached hydrogens (primary N) is 1. The lowest BCUT2D eigenvalue weighted by Gasteiger charge is -2.64. The second-order valence-corrected chi connectivity index (χ2v) is 34.0. The fraction of sp³-hybridized carbons (Fsp3) is 0.627. The highest BCUT2D eigenvalue weighted by molar-refractivity contribution is 6.33. The van der Waals surface area contributed by atoms with Gasteiger partial charge in [-0.05, 0) is 239 Å². The number of benzene rings is 2. The maximum Gasteiger partial charge on any atom is 0.350 e.